The molecule has 0 unspecified atom stereocenters. The lowest BCUT2D eigenvalue weighted by atomic mass is 10.2. The number of nitrogens with zero attached hydrogens (tertiary/aromatic N) is 1. The maximum Gasteiger partial charge on any atom is 0.339 e. The van der Waals surface area contributed by atoms with Crippen LogP contribution in [-0.2, 0) is 10.1 Å². The van der Waals surface area contributed by atoms with Gasteiger partial charge < -0.3 is 13.7 Å². The smallest absolute Gasteiger partial charge is 0.339 e. The number of hydrogen-bond donors (Lipinski definition) is 0. The van der Waals surface area contributed by atoms with Crippen molar-refractivity contribution in [2.24, 2.45) is 0 Å². The Morgan fingerprint density at radius 1 is 1.00 bits per heavy atom. The molecule has 9 heteroatoms. The average molecular weight is 595 g/mol. The Labute approximate surface area is 177 Å². The van der Waals surface area contributed by atoms with E-state index < -0.39 is 10.1 Å². The number of hydrogen-bond acceptors (Lipinski definition) is 6. The second kappa shape index (κ2) is 7.00. The molecule has 0 N–H and O–H groups in total. The zero-order valence-electron chi connectivity index (χ0n) is 13.1. The molecule has 2 aromatic carbocycles. The van der Waals surface area contributed by atoms with Crippen LogP contribution in [0.1, 0.15) is 0 Å². The lowest BCUT2D eigenvalue weighted by molar-refractivity contribution is 0.171. The van der Waals surface area contributed by atoms with Crippen molar-refractivity contribution in [3.8, 4) is 17.2 Å². The van der Waals surface area contributed by atoms with Gasteiger partial charge in [-0.05, 0) is 69.4 Å². The van der Waals surface area contributed by atoms with Crippen LogP contribution in [0.15, 0.2) is 47.5 Å². The highest BCUT2D eigenvalue weighted by Gasteiger charge is 2.24. The van der Waals surface area contributed by atoms with Crippen LogP contribution in [0.25, 0.3) is 10.9 Å². The minimum Gasteiger partial charge on any atom is -0.486 e. The van der Waals surface area contributed by atoms with Crippen LogP contribution in [0.3, 0.4) is 0 Å². The molecule has 0 spiro atoms. The van der Waals surface area contributed by atoms with E-state index in [9.17, 15) is 8.42 Å². The van der Waals surface area contributed by atoms with E-state index in [0.717, 1.165) is 8.96 Å². The zero-order valence-corrected chi connectivity index (χ0v) is 18.2. The Hall–Kier alpha value is -1.34. The first kappa shape index (κ1) is 18.0. The third-order valence-corrected chi connectivity index (χ3v) is 6.66. The second-order valence-electron chi connectivity index (χ2n) is 5.41. The number of rotatable bonds is 3. The highest BCUT2D eigenvalue weighted by atomic mass is 127. The maximum atomic E-state index is 12.8. The molecule has 0 radical (unpaired) electrons. The fourth-order valence-electron chi connectivity index (χ4n) is 2.56. The molecule has 0 amide bonds. The number of pyridine rings is 1. The summed E-state index contributed by atoms with van der Waals surface area (Å²) >= 11 is 4.24. The lowest BCUT2D eigenvalue weighted by Gasteiger charge is -2.19. The van der Waals surface area contributed by atoms with Gasteiger partial charge in [-0.15, -0.1) is 0 Å². The topological polar surface area (TPSA) is 74.7 Å². The molecule has 26 heavy (non-hydrogen) atoms. The van der Waals surface area contributed by atoms with E-state index in [0.29, 0.717) is 33.8 Å². The van der Waals surface area contributed by atoms with Crippen molar-refractivity contribution < 1.29 is 22.1 Å². The van der Waals surface area contributed by atoms with E-state index in [1.165, 1.54) is 12.1 Å². The van der Waals surface area contributed by atoms with Crippen LogP contribution in [0.2, 0.25) is 0 Å². The highest BCUT2D eigenvalue weighted by molar-refractivity contribution is 14.1. The van der Waals surface area contributed by atoms with Crippen molar-refractivity contribution in [1.29, 1.82) is 0 Å². The summed E-state index contributed by atoms with van der Waals surface area (Å²) in [6.07, 6.45) is 1.61. The molecule has 0 saturated heterocycles. The molecule has 4 rings (SSSR count). The van der Waals surface area contributed by atoms with E-state index in [1.807, 2.05) is 34.7 Å². The van der Waals surface area contributed by atoms with Crippen LogP contribution in [-0.4, -0.2) is 26.6 Å². The molecule has 6 nitrogen and oxygen atoms in total. The van der Waals surface area contributed by atoms with Gasteiger partial charge in [-0.25, -0.2) is 0 Å². The first-order chi connectivity index (χ1) is 12.5. The molecule has 1 aliphatic rings. The molecule has 0 fully saturated rings. The summed E-state index contributed by atoms with van der Waals surface area (Å²) in [7, 11) is -4.06. The van der Waals surface area contributed by atoms with E-state index in [4.69, 9.17) is 13.7 Å². The molecule has 0 bridgehead atoms. The monoisotopic (exact) mass is 595 g/mol. The van der Waals surface area contributed by atoms with Gasteiger partial charge in [0, 0.05) is 21.2 Å². The largest absolute Gasteiger partial charge is 0.486 e. The van der Waals surface area contributed by atoms with Gasteiger partial charge >= 0.3 is 10.1 Å². The van der Waals surface area contributed by atoms with Gasteiger partial charge in [-0.2, -0.15) is 8.42 Å². The lowest BCUT2D eigenvalue weighted by Crippen LogP contribution is -2.17. The van der Waals surface area contributed by atoms with Crippen LogP contribution in [0.5, 0.6) is 17.2 Å². The molecule has 1 aromatic heterocycles. The predicted molar refractivity (Wildman–Crippen MR) is 112 cm³/mol. The predicted octanol–water partition coefficient (Wildman–Crippen LogP) is 3.98. The van der Waals surface area contributed by atoms with Gasteiger partial charge in [0.2, 0.25) is 0 Å². The average Bonchev–Trinajstić information content (AvgIpc) is 2.65. The molecule has 0 atom stereocenters. The summed E-state index contributed by atoms with van der Waals surface area (Å²) < 4.78 is 43.6. The molecule has 0 aliphatic carbocycles. The quantitative estimate of drug-likeness (QED) is 0.337. The number of aromatic nitrogens is 1. The standard InChI is InChI=1S/C17H11I2NO5S/c18-12-9-13(19)17(16-11(12)2-1-5-20-16)25-26(21,22)10-3-4-14-15(8-10)24-7-6-23-14/h1-5,8-9H,6-7H2. The van der Waals surface area contributed by atoms with Crippen LogP contribution < -0.4 is 13.7 Å². The van der Waals surface area contributed by atoms with Gasteiger partial charge in [0.1, 0.15) is 23.6 Å². The first-order valence-electron chi connectivity index (χ1n) is 7.52. The fraction of sp³-hybridized carbons (Fsp3) is 0.118. The summed E-state index contributed by atoms with van der Waals surface area (Å²) in [6.45, 7) is 0.815. The van der Waals surface area contributed by atoms with Crippen molar-refractivity contribution in [1.82, 2.24) is 4.98 Å². The summed E-state index contributed by atoms with van der Waals surface area (Å²) in [5.74, 6) is 1.13. The van der Waals surface area contributed by atoms with Gasteiger partial charge in [0.15, 0.2) is 17.2 Å². The Kier molecular flexibility index (Phi) is 4.86. The van der Waals surface area contributed by atoms with Crippen molar-refractivity contribution in [2.75, 3.05) is 13.2 Å². The number of fused-ring (bicyclic) bond motifs is 2. The van der Waals surface area contributed by atoms with Gasteiger partial charge in [-0.3, -0.25) is 4.98 Å². The Morgan fingerprint density at radius 3 is 2.58 bits per heavy atom. The molecule has 2 heterocycles. The highest BCUT2D eigenvalue weighted by Crippen LogP contribution is 2.36. The molecule has 1 aliphatic heterocycles. The Bertz CT molecular complexity index is 1120. The van der Waals surface area contributed by atoms with Crippen molar-refractivity contribution in [3.63, 3.8) is 0 Å². The van der Waals surface area contributed by atoms with E-state index in [1.54, 1.807) is 18.3 Å². The fourth-order valence-corrected chi connectivity index (χ4v) is 5.70. The SMILES string of the molecule is O=S(=O)(Oc1c(I)cc(I)c2cccnc12)c1ccc2c(c1)OCCO2. The zero-order chi connectivity index (χ0) is 18.3. The Morgan fingerprint density at radius 2 is 1.77 bits per heavy atom. The maximum absolute atomic E-state index is 12.8. The molecular formula is C17H11I2NO5S. The summed E-state index contributed by atoms with van der Waals surface area (Å²) in [5, 5.41) is 0.834. The van der Waals surface area contributed by atoms with Crippen LogP contribution >= 0.6 is 45.2 Å². The third-order valence-electron chi connectivity index (χ3n) is 3.75. The third kappa shape index (κ3) is 3.31. The Balaban J connectivity index is 1.79. The van der Waals surface area contributed by atoms with Crippen LogP contribution in [0.4, 0.5) is 0 Å². The van der Waals surface area contributed by atoms with Crippen molar-refractivity contribution in [2.45, 2.75) is 4.90 Å². The minimum absolute atomic E-state index is 0.000168. The number of halogens is 2. The van der Waals surface area contributed by atoms with Crippen molar-refractivity contribution >= 4 is 66.2 Å². The van der Waals surface area contributed by atoms with Gasteiger partial charge in [-0.1, -0.05) is 6.07 Å². The van der Waals surface area contributed by atoms with Crippen molar-refractivity contribution in [3.05, 3.63) is 49.7 Å². The first-order valence-corrected chi connectivity index (χ1v) is 11.1. The summed E-state index contributed by atoms with van der Waals surface area (Å²) in [6, 6.07) is 9.97. The van der Waals surface area contributed by atoms with Gasteiger partial charge in [0.05, 0.1) is 3.57 Å². The molecular weight excluding hydrogens is 584 g/mol. The van der Waals surface area contributed by atoms with E-state index >= 15 is 0 Å². The summed E-state index contributed by atoms with van der Waals surface area (Å²) in [4.78, 5) is 4.31. The molecule has 134 valence electrons. The second-order valence-corrected chi connectivity index (χ2v) is 9.28. The normalized spacial score (nSPS) is 13.6. The van der Waals surface area contributed by atoms with E-state index in [2.05, 4.69) is 27.6 Å². The van der Waals surface area contributed by atoms with E-state index in [-0.39, 0.29) is 10.6 Å². The summed E-state index contributed by atoms with van der Waals surface area (Å²) in [5.41, 5.74) is 0.505. The number of ether oxygens (including phenoxy) is 2. The molecule has 0 saturated carbocycles. The number of benzene rings is 2. The van der Waals surface area contributed by atoms with Gasteiger partial charge in [0.25, 0.3) is 0 Å². The van der Waals surface area contributed by atoms with Crippen LogP contribution in [0, 0.1) is 7.14 Å². The molecule has 3 aromatic rings. The minimum atomic E-state index is -4.06.